The molecule has 1 heterocycles. The first-order valence-electron chi connectivity index (χ1n) is 5.34. The molecule has 7 heteroatoms. The van der Waals surface area contributed by atoms with Gasteiger partial charge in [-0.2, -0.15) is 10.4 Å². The van der Waals surface area contributed by atoms with Crippen LogP contribution in [0.1, 0.15) is 26.5 Å². The minimum atomic E-state index is -0.569. The van der Waals surface area contributed by atoms with Crippen LogP contribution in [0.5, 0.6) is 0 Å². The van der Waals surface area contributed by atoms with Crippen LogP contribution in [0.3, 0.4) is 0 Å². The molecule has 0 aromatic carbocycles. The minimum Gasteiger partial charge on any atom is -0.444 e. The predicted molar refractivity (Wildman–Crippen MR) is 69.3 cm³/mol. The smallest absolute Gasteiger partial charge is 0.413 e. The van der Waals surface area contributed by atoms with Crippen molar-refractivity contribution in [3.05, 3.63) is 5.69 Å². The molecular formula is C11H16N4O2S. The highest BCUT2D eigenvalue weighted by atomic mass is 32.2. The van der Waals surface area contributed by atoms with Crippen LogP contribution in [0, 0.1) is 17.6 Å². The third-order valence-corrected chi connectivity index (χ3v) is 2.72. The van der Waals surface area contributed by atoms with Crippen molar-refractivity contribution in [1.82, 2.24) is 9.78 Å². The Labute approximate surface area is 110 Å². The summed E-state index contributed by atoms with van der Waals surface area (Å²) in [6.07, 6.45) is -0.565. The molecule has 0 aliphatic carbocycles. The van der Waals surface area contributed by atoms with Gasteiger partial charge in [0.05, 0.1) is 10.6 Å². The van der Waals surface area contributed by atoms with Gasteiger partial charge in [0.25, 0.3) is 0 Å². The summed E-state index contributed by atoms with van der Waals surface area (Å²) >= 11 is 0.961. The molecule has 18 heavy (non-hydrogen) atoms. The maximum atomic E-state index is 11.7. The van der Waals surface area contributed by atoms with E-state index < -0.39 is 11.7 Å². The van der Waals surface area contributed by atoms with Crippen molar-refractivity contribution in [2.24, 2.45) is 7.05 Å². The monoisotopic (exact) mass is 268 g/mol. The second kappa shape index (κ2) is 5.31. The number of rotatable bonds is 2. The summed E-state index contributed by atoms with van der Waals surface area (Å²) < 4.78 is 6.67. The number of thioether (sulfide) groups is 1. The van der Waals surface area contributed by atoms with E-state index in [-0.39, 0.29) is 0 Å². The highest BCUT2D eigenvalue weighted by molar-refractivity contribution is 8.03. The Bertz CT molecular complexity index is 496. The number of aromatic nitrogens is 2. The van der Waals surface area contributed by atoms with E-state index in [1.807, 2.05) is 5.40 Å². The number of amides is 1. The molecule has 1 aromatic heterocycles. The Morgan fingerprint density at radius 1 is 1.56 bits per heavy atom. The molecule has 0 unspecified atom stereocenters. The molecule has 0 radical (unpaired) electrons. The molecule has 0 bridgehead atoms. The molecule has 0 aliphatic heterocycles. The Hall–Kier alpha value is -1.68. The van der Waals surface area contributed by atoms with Crippen LogP contribution in [-0.4, -0.2) is 21.5 Å². The summed E-state index contributed by atoms with van der Waals surface area (Å²) in [6.45, 7) is 7.13. The maximum absolute atomic E-state index is 11.7. The van der Waals surface area contributed by atoms with E-state index in [1.54, 1.807) is 34.7 Å². The van der Waals surface area contributed by atoms with Gasteiger partial charge in [0.2, 0.25) is 0 Å². The van der Waals surface area contributed by atoms with E-state index in [4.69, 9.17) is 10.00 Å². The van der Waals surface area contributed by atoms with Crippen LogP contribution in [-0.2, 0) is 11.8 Å². The number of hydrogen-bond acceptors (Lipinski definition) is 5. The molecule has 0 aliphatic rings. The Morgan fingerprint density at radius 2 is 2.17 bits per heavy atom. The molecule has 98 valence electrons. The molecule has 0 saturated heterocycles. The van der Waals surface area contributed by atoms with Crippen LogP contribution in [0.25, 0.3) is 0 Å². The highest BCUT2D eigenvalue weighted by Gasteiger charge is 2.20. The Morgan fingerprint density at radius 3 is 2.67 bits per heavy atom. The van der Waals surface area contributed by atoms with Gasteiger partial charge >= 0.3 is 6.09 Å². The van der Waals surface area contributed by atoms with Crippen LogP contribution in [0.15, 0.2) is 4.90 Å². The molecule has 0 saturated carbocycles. The molecule has 1 N–H and O–H groups in total. The normalized spacial score (nSPS) is 10.9. The topological polar surface area (TPSA) is 79.9 Å². The zero-order chi connectivity index (χ0) is 13.9. The number of anilines is 1. The zero-order valence-corrected chi connectivity index (χ0v) is 11.9. The minimum absolute atomic E-state index is 0.466. The third kappa shape index (κ3) is 3.67. The van der Waals surface area contributed by atoms with E-state index in [2.05, 4.69) is 10.4 Å². The number of ether oxygens (including phenoxy) is 1. The summed E-state index contributed by atoms with van der Waals surface area (Å²) in [5.41, 5.74) is 0.121. The lowest BCUT2D eigenvalue weighted by molar-refractivity contribution is 0.0634. The first-order chi connectivity index (χ1) is 8.24. The first-order valence-corrected chi connectivity index (χ1v) is 6.16. The molecular weight excluding hydrogens is 252 g/mol. The summed E-state index contributed by atoms with van der Waals surface area (Å²) in [5, 5.41) is 17.5. The number of nitriles is 1. The lowest BCUT2D eigenvalue weighted by Crippen LogP contribution is -2.28. The molecule has 1 amide bonds. The maximum Gasteiger partial charge on any atom is 0.413 e. The number of nitrogens with one attached hydrogen (secondary N) is 1. The average molecular weight is 268 g/mol. The van der Waals surface area contributed by atoms with Crippen molar-refractivity contribution in [1.29, 1.82) is 5.26 Å². The van der Waals surface area contributed by atoms with Gasteiger partial charge in [-0.3, -0.25) is 10.00 Å². The summed E-state index contributed by atoms with van der Waals surface area (Å²) in [4.78, 5) is 12.3. The first kappa shape index (κ1) is 14.4. The largest absolute Gasteiger partial charge is 0.444 e. The van der Waals surface area contributed by atoms with Crippen LogP contribution >= 0.6 is 11.8 Å². The number of carbonyl (C=O) groups is 1. The lowest BCUT2D eigenvalue weighted by Gasteiger charge is -2.19. The van der Waals surface area contributed by atoms with Crippen molar-refractivity contribution in [2.75, 3.05) is 5.32 Å². The van der Waals surface area contributed by atoms with Gasteiger partial charge in [-0.05, 0) is 39.5 Å². The van der Waals surface area contributed by atoms with Gasteiger partial charge < -0.3 is 4.74 Å². The van der Waals surface area contributed by atoms with E-state index in [9.17, 15) is 4.79 Å². The second-order valence-electron chi connectivity index (χ2n) is 4.71. The number of thiocyanates is 1. The third-order valence-electron chi connectivity index (χ3n) is 1.93. The van der Waals surface area contributed by atoms with Gasteiger partial charge in [-0.15, -0.1) is 0 Å². The second-order valence-corrected chi connectivity index (χ2v) is 5.50. The van der Waals surface area contributed by atoms with Crippen LogP contribution in [0.4, 0.5) is 10.6 Å². The molecule has 1 aromatic rings. The van der Waals surface area contributed by atoms with Gasteiger partial charge in [0, 0.05) is 7.05 Å². The average Bonchev–Trinajstić information content (AvgIpc) is 2.42. The standard InChI is InChI=1S/C11H16N4O2S/c1-7-8(18-6-12)9(15(5)14-7)13-10(16)17-11(2,3)4/h1-5H3,(H,13,16). The van der Waals surface area contributed by atoms with E-state index >= 15 is 0 Å². The fraction of sp³-hybridized carbons (Fsp3) is 0.545. The summed E-state index contributed by atoms with van der Waals surface area (Å²) in [5.74, 6) is 0.466. The Balaban J connectivity index is 2.91. The van der Waals surface area contributed by atoms with E-state index in [1.165, 1.54) is 4.68 Å². The van der Waals surface area contributed by atoms with Crippen molar-refractivity contribution >= 4 is 23.7 Å². The van der Waals surface area contributed by atoms with Crippen molar-refractivity contribution in [3.8, 4) is 5.40 Å². The fourth-order valence-electron chi connectivity index (χ4n) is 1.34. The molecule has 0 spiro atoms. The molecule has 0 fully saturated rings. The van der Waals surface area contributed by atoms with Gasteiger partial charge in [-0.1, -0.05) is 0 Å². The molecule has 0 atom stereocenters. The van der Waals surface area contributed by atoms with Gasteiger partial charge in [0.15, 0.2) is 0 Å². The van der Waals surface area contributed by atoms with Crippen molar-refractivity contribution < 1.29 is 9.53 Å². The Kier molecular flexibility index (Phi) is 4.24. The zero-order valence-electron chi connectivity index (χ0n) is 11.1. The highest BCUT2D eigenvalue weighted by Crippen LogP contribution is 2.29. The number of aryl methyl sites for hydroxylation is 2. The fourth-order valence-corrected chi connectivity index (χ4v) is 1.90. The summed E-state index contributed by atoms with van der Waals surface area (Å²) in [7, 11) is 1.70. The number of hydrogen-bond donors (Lipinski definition) is 1. The van der Waals surface area contributed by atoms with Gasteiger partial charge in [-0.25, -0.2) is 4.79 Å². The predicted octanol–water partition coefficient (Wildman–Crippen LogP) is 2.65. The van der Waals surface area contributed by atoms with E-state index in [0.717, 1.165) is 11.8 Å². The van der Waals surface area contributed by atoms with Gasteiger partial charge in [0.1, 0.15) is 16.8 Å². The quantitative estimate of drug-likeness (QED) is 0.658. The van der Waals surface area contributed by atoms with E-state index in [0.29, 0.717) is 16.4 Å². The SMILES string of the molecule is Cc1nn(C)c(NC(=O)OC(C)(C)C)c1SC#N. The lowest BCUT2D eigenvalue weighted by atomic mass is 10.2. The van der Waals surface area contributed by atoms with Crippen molar-refractivity contribution in [3.63, 3.8) is 0 Å². The number of carbonyl (C=O) groups excluding carboxylic acids is 1. The number of nitrogens with zero attached hydrogens (tertiary/aromatic N) is 3. The van der Waals surface area contributed by atoms with Crippen molar-refractivity contribution in [2.45, 2.75) is 38.2 Å². The molecule has 1 rings (SSSR count). The summed E-state index contributed by atoms with van der Waals surface area (Å²) in [6, 6.07) is 0. The van der Waals surface area contributed by atoms with Crippen LogP contribution < -0.4 is 5.32 Å². The van der Waals surface area contributed by atoms with Crippen LogP contribution in [0.2, 0.25) is 0 Å². The molecule has 6 nitrogen and oxygen atoms in total.